The Labute approximate surface area is 128 Å². The summed E-state index contributed by atoms with van der Waals surface area (Å²) >= 11 is 0. The van der Waals surface area contributed by atoms with E-state index in [9.17, 15) is 18.8 Å². The van der Waals surface area contributed by atoms with Gasteiger partial charge in [0.15, 0.2) is 0 Å². The van der Waals surface area contributed by atoms with E-state index in [1.807, 2.05) is 0 Å². The Bertz CT molecular complexity index is 563. The average molecular weight is 309 g/mol. The highest BCUT2D eigenvalue weighted by Crippen LogP contribution is 2.09. The second-order valence-electron chi connectivity index (χ2n) is 4.92. The quantitative estimate of drug-likeness (QED) is 0.673. The molecule has 1 aromatic carbocycles. The van der Waals surface area contributed by atoms with Gasteiger partial charge in [-0.05, 0) is 18.1 Å². The number of nitrogens with one attached hydrogen (secondary N) is 2. The van der Waals surface area contributed by atoms with Crippen molar-refractivity contribution >= 4 is 17.7 Å². The van der Waals surface area contributed by atoms with Crippen LogP contribution in [0.15, 0.2) is 24.3 Å². The molecule has 0 saturated heterocycles. The van der Waals surface area contributed by atoms with Crippen LogP contribution in [0.2, 0.25) is 0 Å². The maximum atomic E-state index is 13.7. The molecule has 0 saturated carbocycles. The van der Waals surface area contributed by atoms with Crippen molar-refractivity contribution in [2.75, 3.05) is 0 Å². The Kier molecular flexibility index (Phi) is 6.49. The summed E-state index contributed by atoms with van der Waals surface area (Å²) in [5.41, 5.74) is 5.47. The Morgan fingerprint density at radius 2 is 1.82 bits per heavy atom. The molecule has 1 aromatic rings. The fourth-order valence-electron chi connectivity index (χ4n) is 1.99. The van der Waals surface area contributed by atoms with E-state index in [0.29, 0.717) is 12.0 Å². The van der Waals surface area contributed by atoms with Gasteiger partial charge in [-0.1, -0.05) is 25.1 Å². The molecule has 0 aliphatic heterocycles. The third kappa shape index (κ3) is 5.16. The molecule has 0 fully saturated rings. The summed E-state index contributed by atoms with van der Waals surface area (Å²) in [5.74, 6) is -2.14. The molecule has 2 atom stereocenters. The van der Waals surface area contributed by atoms with Crippen LogP contribution in [0, 0.1) is 5.82 Å². The molecule has 0 aliphatic rings. The van der Waals surface area contributed by atoms with Gasteiger partial charge in [-0.15, -0.1) is 0 Å². The highest BCUT2D eigenvalue weighted by atomic mass is 19.1. The minimum absolute atomic E-state index is 0.0206. The minimum atomic E-state index is -0.984. The highest BCUT2D eigenvalue weighted by molar-refractivity contribution is 5.91. The van der Waals surface area contributed by atoms with E-state index in [-0.39, 0.29) is 6.42 Å². The van der Waals surface area contributed by atoms with Gasteiger partial charge < -0.3 is 16.4 Å². The number of amides is 3. The minimum Gasteiger partial charge on any atom is -0.368 e. The van der Waals surface area contributed by atoms with Gasteiger partial charge in [-0.2, -0.15) is 0 Å². The zero-order chi connectivity index (χ0) is 16.7. The topological polar surface area (TPSA) is 101 Å². The van der Waals surface area contributed by atoms with Crippen molar-refractivity contribution in [2.45, 2.75) is 38.8 Å². The van der Waals surface area contributed by atoms with Crippen molar-refractivity contribution in [3.63, 3.8) is 0 Å². The van der Waals surface area contributed by atoms with Gasteiger partial charge in [0, 0.05) is 13.3 Å². The molecule has 0 radical (unpaired) electrons. The van der Waals surface area contributed by atoms with Gasteiger partial charge >= 0.3 is 0 Å². The van der Waals surface area contributed by atoms with Crippen molar-refractivity contribution in [2.24, 2.45) is 5.73 Å². The van der Waals surface area contributed by atoms with Gasteiger partial charge in [0.1, 0.15) is 17.9 Å². The second-order valence-corrected chi connectivity index (χ2v) is 4.92. The first-order chi connectivity index (χ1) is 10.3. The fourth-order valence-corrected chi connectivity index (χ4v) is 1.99. The number of halogens is 1. The van der Waals surface area contributed by atoms with E-state index in [2.05, 4.69) is 10.6 Å². The van der Waals surface area contributed by atoms with Gasteiger partial charge in [-0.3, -0.25) is 14.4 Å². The van der Waals surface area contributed by atoms with Crippen molar-refractivity contribution in [1.29, 1.82) is 0 Å². The van der Waals surface area contributed by atoms with Crippen molar-refractivity contribution in [3.05, 3.63) is 35.6 Å². The molecule has 0 unspecified atom stereocenters. The summed E-state index contributed by atoms with van der Waals surface area (Å²) in [5, 5.41) is 4.91. The summed E-state index contributed by atoms with van der Waals surface area (Å²) in [6, 6.07) is 4.16. The summed E-state index contributed by atoms with van der Waals surface area (Å²) in [6.07, 6.45) is 0.306. The molecule has 0 aromatic heterocycles. The number of carbonyl (C=O) groups excluding carboxylic acids is 3. The average Bonchev–Trinajstić information content (AvgIpc) is 2.45. The number of nitrogens with two attached hydrogens (primary N) is 1. The largest absolute Gasteiger partial charge is 0.368 e. The Hall–Kier alpha value is -2.44. The monoisotopic (exact) mass is 309 g/mol. The van der Waals surface area contributed by atoms with Gasteiger partial charge in [0.25, 0.3) is 0 Å². The number of benzene rings is 1. The molecule has 22 heavy (non-hydrogen) atoms. The lowest BCUT2D eigenvalue weighted by molar-refractivity contribution is -0.130. The van der Waals surface area contributed by atoms with Crippen LogP contribution >= 0.6 is 0 Å². The highest BCUT2D eigenvalue weighted by Gasteiger charge is 2.25. The van der Waals surface area contributed by atoms with Gasteiger partial charge in [0.05, 0.1) is 0 Å². The van der Waals surface area contributed by atoms with Crippen LogP contribution in [-0.2, 0) is 20.8 Å². The molecule has 0 aliphatic carbocycles. The standard InChI is InChI=1S/C15H20FN3O3/c1-3-12(14(17)21)19-15(22)13(18-9(2)20)8-10-6-4-5-7-11(10)16/h4-7,12-13H,3,8H2,1-2H3,(H2,17,21)(H,18,20)(H,19,22)/t12-,13+/m1/s1. The van der Waals surface area contributed by atoms with Crippen molar-refractivity contribution in [1.82, 2.24) is 10.6 Å². The van der Waals surface area contributed by atoms with Crippen LogP contribution in [0.4, 0.5) is 4.39 Å². The predicted octanol–water partition coefficient (Wildman–Crippen LogP) is 0.253. The smallest absolute Gasteiger partial charge is 0.243 e. The summed E-state index contributed by atoms with van der Waals surface area (Å²) in [7, 11) is 0. The van der Waals surface area contributed by atoms with Crippen LogP contribution in [0.3, 0.4) is 0 Å². The first kappa shape index (κ1) is 17.6. The fraction of sp³-hybridized carbons (Fsp3) is 0.400. The second kappa shape index (κ2) is 8.11. The van der Waals surface area contributed by atoms with Crippen LogP contribution < -0.4 is 16.4 Å². The summed E-state index contributed by atoms with van der Waals surface area (Å²) < 4.78 is 13.7. The molecule has 7 heteroatoms. The van der Waals surface area contributed by atoms with E-state index >= 15 is 0 Å². The Morgan fingerprint density at radius 1 is 1.18 bits per heavy atom. The molecule has 6 nitrogen and oxygen atoms in total. The first-order valence-electron chi connectivity index (χ1n) is 6.95. The number of carbonyl (C=O) groups is 3. The number of hydrogen-bond acceptors (Lipinski definition) is 3. The maximum Gasteiger partial charge on any atom is 0.243 e. The molecule has 1 rings (SSSR count). The normalized spacial score (nSPS) is 13.0. The molecular weight excluding hydrogens is 289 g/mol. The predicted molar refractivity (Wildman–Crippen MR) is 79.1 cm³/mol. The summed E-state index contributed by atoms with van der Waals surface area (Å²) in [6.45, 7) is 2.95. The van der Waals surface area contributed by atoms with E-state index in [1.54, 1.807) is 13.0 Å². The molecule has 4 N–H and O–H groups in total. The lowest BCUT2D eigenvalue weighted by Gasteiger charge is -2.21. The molecule has 0 bridgehead atoms. The molecule has 0 spiro atoms. The third-order valence-electron chi connectivity index (χ3n) is 3.14. The van der Waals surface area contributed by atoms with Crippen molar-refractivity contribution in [3.8, 4) is 0 Å². The molecule has 3 amide bonds. The van der Waals surface area contributed by atoms with E-state index in [4.69, 9.17) is 5.73 Å². The SMILES string of the molecule is CC[C@@H](NC(=O)[C@H](Cc1ccccc1F)NC(C)=O)C(N)=O. The Balaban J connectivity index is 2.88. The lowest BCUT2D eigenvalue weighted by Crippen LogP contribution is -2.53. The van der Waals surface area contributed by atoms with Gasteiger partial charge in [-0.25, -0.2) is 4.39 Å². The molecule has 120 valence electrons. The van der Waals surface area contributed by atoms with Crippen LogP contribution in [0.1, 0.15) is 25.8 Å². The van der Waals surface area contributed by atoms with E-state index in [0.717, 1.165) is 0 Å². The summed E-state index contributed by atoms with van der Waals surface area (Å²) in [4.78, 5) is 34.6. The molecule has 0 heterocycles. The van der Waals surface area contributed by atoms with E-state index in [1.165, 1.54) is 25.1 Å². The van der Waals surface area contributed by atoms with Crippen LogP contribution in [0.25, 0.3) is 0 Å². The maximum absolute atomic E-state index is 13.7. The van der Waals surface area contributed by atoms with E-state index < -0.39 is 35.6 Å². The third-order valence-corrected chi connectivity index (χ3v) is 3.14. The van der Waals surface area contributed by atoms with Crippen molar-refractivity contribution < 1.29 is 18.8 Å². The van der Waals surface area contributed by atoms with Crippen LogP contribution in [0.5, 0.6) is 0 Å². The lowest BCUT2D eigenvalue weighted by atomic mass is 10.0. The first-order valence-corrected chi connectivity index (χ1v) is 6.95. The Morgan fingerprint density at radius 3 is 2.32 bits per heavy atom. The number of primary amides is 1. The zero-order valence-corrected chi connectivity index (χ0v) is 12.6. The number of rotatable bonds is 7. The van der Waals surface area contributed by atoms with Crippen LogP contribution in [-0.4, -0.2) is 29.8 Å². The van der Waals surface area contributed by atoms with Gasteiger partial charge in [0.2, 0.25) is 17.7 Å². The molecular formula is C15H20FN3O3. The zero-order valence-electron chi connectivity index (χ0n) is 12.6. The number of hydrogen-bond donors (Lipinski definition) is 3.